The van der Waals surface area contributed by atoms with E-state index in [9.17, 15) is 22.8 Å². The van der Waals surface area contributed by atoms with Gasteiger partial charge in [-0.1, -0.05) is 45.4 Å². The molecule has 1 aliphatic rings. The van der Waals surface area contributed by atoms with Gasteiger partial charge in [-0.2, -0.15) is 0 Å². The highest BCUT2D eigenvalue weighted by atomic mass is 32.2. The molecule has 1 unspecified atom stereocenters. The topological polar surface area (TPSA) is 157 Å². The molecule has 0 radical (unpaired) electrons. The van der Waals surface area contributed by atoms with Crippen molar-refractivity contribution in [3.8, 4) is 17.2 Å². The minimum Gasteiger partial charge on any atom is -0.481 e. The summed E-state index contributed by atoms with van der Waals surface area (Å²) in [6, 6.07) is 15.7. The highest BCUT2D eigenvalue weighted by Gasteiger charge is 2.30. The van der Waals surface area contributed by atoms with Gasteiger partial charge in [0.2, 0.25) is 12.9 Å². The van der Waals surface area contributed by atoms with Crippen LogP contribution >= 0.6 is 0 Å². The number of nitrogens with one attached hydrogen (secondary N) is 2. The van der Waals surface area contributed by atoms with Gasteiger partial charge < -0.3 is 24.6 Å². The van der Waals surface area contributed by atoms with E-state index >= 15 is 0 Å². The Morgan fingerprint density at radius 2 is 1.65 bits per heavy atom. The van der Waals surface area contributed by atoms with E-state index in [4.69, 9.17) is 19.3 Å². The average molecular weight is 611 g/mol. The van der Waals surface area contributed by atoms with E-state index in [1.165, 1.54) is 24.3 Å². The Hall–Kier alpha value is -4.58. The highest BCUT2D eigenvalue weighted by Crippen LogP contribution is 2.36. The Kier molecular flexibility index (Phi) is 9.92. The molecule has 0 aliphatic carbocycles. The Bertz CT molecular complexity index is 1600. The highest BCUT2D eigenvalue weighted by molar-refractivity contribution is 7.90. The summed E-state index contributed by atoms with van der Waals surface area (Å²) in [6.07, 6.45) is -0.458. The van der Waals surface area contributed by atoms with Gasteiger partial charge in [-0.25, -0.2) is 13.1 Å². The molecule has 1 aliphatic heterocycles. The fourth-order valence-corrected chi connectivity index (χ4v) is 5.42. The number of carboxylic acid groups (broad SMARTS) is 1. The molecule has 228 valence electrons. The number of aliphatic carboxylic acids is 1. The lowest BCUT2D eigenvalue weighted by atomic mass is 10.0. The number of aryl methyl sites for hydroxylation is 1. The minimum absolute atomic E-state index is 0.00784. The third kappa shape index (κ3) is 7.83. The molecule has 0 saturated heterocycles. The molecule has 3 N–H and O–H groups in total. The second kappa shape index (κ2) is 13.6. The van der Waals surface area contributed by atoms with Crippen molar-refractivity contribution >= 4 is 27.8 Å². The molecular formula is C31H34N2O9S. The number of ether oxygens (including phenoxy) is 3. The summed E-state index contributed by atoms with van der Waals surface area (Å²) < 4.78 is 45.6. The molecule has 43 heavy (non-hydrogen) atoms. The van der Waals surface area contributed by atoms with Gasteiger partial charge in [-0.3, -0.25) is 14.4 Å². The zero-order valence-electron chi connectivity index (χ0n) is 24.1. The van der Waals surface area contributed by atoms with Crippen LogP contribution in [0.1, 0.15) is 72.7 Å². The van der Waals surface area contributed by atoms with Crippen LogP contribution in [-0.2, 0) is 26.0 Å². The van der Waals surface area contributed by atoms with Gasteiger partial charge in [-0.05, 0) is 65.9 Å². The lowest BCUT2D eigenvalue weighted by Crippen LogP contribution is -2.37. The molecule has 0 aromatic heterocycles. The van der Waals surface area contributed by atoms with Crippen molar-refractivity contribution in [3.63, 3.8) is 0 Å². The fraction of sp³-hybridized carbons (Fsp3) is 0.323. The third-order valence-electron chi connectivity index (χ3n) is 6.74. The van der Waals surface area contributed by atoms with E-state index in [1.807, 2.05) is 20.8 Å². The summed E-state index contributed by atoms with van der Waals surface area (Å²) in [7, 11) is -4.24. The van der Waals surface area contributed by atoms with Crippen molar-refractivity contribution < 1.29 is 42.1 Å². The van der Waals surface area contributed by atoms with Crippen molar-refractivity contribution in [2.24, 2.45) is 0 Å². The molecular weight excluding hydrogens is 576 g/mol. The zero-order valence-corrected chi connectivity index (χ0v) is 24.9. The SMILES string of the molecule is CCCc1cc(C(=O)NCCC(=O)O)ccc1OC(C(=O)NS(=O)(=O)c1ccc(C(C)C)cc1)c1ccc2c(c1)OCO2. The first kappa shape index (κ1) is 31.4. The lowest BCUT2D eigenvalue weighted by Gasteiger charge is -2.22. The molecule has 4 rings (SSSR count). The van der Waals surface area contributed by atoms with Crippen molar-refractivity contribution in [3.05, 3.63) is 82.9 Å². The maximum Gasteiger partial charge on any atom is 0.305 e. The summed E-state index contributed by atoms with van der Waals surface area (Å²) in [4.78, 5) is 37.0. The quantitative estimate of drug-likeness (QED) is 0.256. The molecule has 0 bridgehead atoms. The van der Waals surface area contributed by atoms with Gasteiger partial charge in [0.1, 0.15) is 5.75 Å². The Morgan fingerprint density at radius 3 is 2.33 bits per heavy atom. The summed E-state index contributed by atoms with van der Waals surface area (Å²) in [5, 5.41) is 11.4. The standard InChI is InChI=1S/C31H34N2O9S/c1-4-5-21-16-23(30(36)32-15-14-28(34)35)9-12-25(21)42-29(22-8-13-26-27(17-22)41-18-40-26)31(37)33-43(38,39)24-10-6-20(7-11-24)19(2)3/h6-13,16-17,19,29H,4-5,14-15,18H2,1-3H3,(H,32,36)(H,33,37)(H,34,35). The molecule has 0 spiro atoms. The van der Waals surface area contributed by atoms with Crippen LogP contribution in [0, 0.1) is 0 Å². The van der Waals surface area contributed by atoms with Gasteiger partial charge in [0.15, 0.2) is 11.5 Å². The van der Waals surface area contributed by atoms with Gasteiger partial charge in [-0.15, -0.1) is 0 Å². The molecule has 12 heteroatoms. The number of carbonyl (C=O) groups excluding carboxylic acids is 2. The number of carboxylic acids is 1. The molecule has 1 heterocycles. The molecule has 3 aromatic carbocycles. The maximum atomic E-state index is 13.6. The summed E-state index contributed by atoms with van der Waals surface area (Å²) in [5.74, 6) is -1.07. The van der Waals surface area contributed by atoms with Crippen molar-refractivity contribution in [2.45, 2.75) is 57.0 Å². The Balaban J connectivity index is 1.64. The second-order valence-corrected chi connectivity index (χ2v) is 12.0. The monoisotopic (exact) mass is 610 g/mol. The molecule has 3 aromatic rings. The number of rotatable bonds is 13. The van der Waals surface area contributed by atoms with Crippen molar-refractivity contribution in [2.75, 3.05) is 13.3 Å². The lowest BCUT2D eigenvalue weighted by molar-refractivity contribution is -0.136. The van der Waals surface area contributed by atoms with Crippen LogP contribution in [0.2, 0.25) is 0 Å². The van der Waals surface area contributed by atoms with Crippen LogP contribution in [0.15, 0.2) is 65.6 Å². The van der Waals surface area contributed by atoms with E-state index < -0.39 is 33.9 Å². The van der Waals surface area contributed by atoms with Crippen molar-refractivity contribution in [1.82, 2.24) is 10.0 Å². The van der Waals surface area contributed by atoms with Crippen LogP contribution in [-0.4, -0.2) is 44.6 Å². The number of hydrogen-bond donors (Lipinski definition) is 3. The number of benzene rings is 3. The largest absolute Gasteiger partial charge is 0.481 e. The smallest absolute Gasteiger partial charge is 0.305 e. The average Bonchev–Trinajstić information content (AvgIpc) is 3.44. The summed E-state index contributed by atoms with van der Waals surface area (Å²) >= 11 is 0. The van der Waals surface area contributed by atoms with Gasteiger partial charge >= 0.3 is 5.97 Å². The first-order chi connectivity index (χ1) is 20.5. The number of fused-ring (bicyclic) bond motifs is 1. The first-order valence-electron chi connectivity index (χ1n) is 13.8. The number of amides is 2. The maximum absolute atomic E-state index is 13.6. The van der Waals surface area contributed by atoms with Crippen LogP contribution < -0.4 is 24.2 Å². The van der Waals surface area contributed by atoms with E-state index in [1.54, 1.807) is 36.4 Å². The van der Waals surface area contributed by atoms with Gasteiger partial charge in [0.05, 0.1) is 11.3 Å². The zero-order chi connectivity index (χ0) is 31.1. The van der Waals surface area contributed by atoms with E-state index in [0.717, 1.165) is 5.56 Å². The van der Waals surface area contributed by atoms with Crippen LogP contribution in [0.3, 0.4) is 0 Å². The van der Waals surface area contributed by atoms with Gasteiger partial charge in [0, 0.05) is 17.7 Å². The number of carbonyl (C=O) groups is 3. The van der Waals surface area contributed by atoms with E-state index in [2.05, 4.69) is 10.0 Å². The minimum atomic E-state index is -4.24. The summed E-state index contributed by atoms with van der Waals surface area (Å²) in [5.41, 5.74) is 2.18. The normalized spacial score (nSPS) is 12.9. The molecule has 0 fully saturated rings. The first-order valence-corrected chi connectivity index (χ1v) is 15.3. The molecule has 0 saturated carbocycles. The van der Waals surface area contributed by atoms with Crippen LogP contribution in [0.5, 0.6) is 17.2 Å². The second-order valence-electron chi connectivity index (χ2n) is 10.3. The van der Waals surface area contributed by atoms with Crippen molar-refractivity contribution in [1.29, 1.82) is 0 Å². The molecule has 1 atom stereocenters. The Labute approximate surface area is 250 Å². The van der Waals surface area contributed by atoms with E-state index in [-0.39, 0.29) is 41.9 Å². The fourth-order valence-electron chi connectivity index (χ4n) is 4.44. The third-order valence-corrected chi connectivity index (χ3v) is 8.10. The molecule has 11 nitrogen and oxygen atoms in total. The predicted molar refractivity (Wildman–Crippen MR) is 157 cm³/mol. The molecule has 2 amide bonds. The van der Waals surface area contributed by atoms with Gasteiger partial charge in [0.25, 0.3) is 21.8 Å². The van der Waals surface area contributed by atoms with Crippen LogP contribution in [0.4, 0.5) is 0 Å². The Morgan fingerprint density at radius 1 is 0.953 bits per heavy atom. The summed E-state index contributed by atoms with van der Waals surface area (Å²) in [6.45, 7) is 5.89. The number of hydrogen-bond acceptors (Lipinski definition) is 8. The number of sulfonamides is 1. The van der Waals surface area contributed by atoms with E-state index in [0.29, 0.717) is 35.5 Å². The predicted octanol–water partition coefficient (Wildman–Crippen LogP) is 4.32. The van der Waals surface area contributed by atoms with Crippen LogP contribution in [0.25, 0.3) is 0 Å².